The van der Waals surface area contributed by atoms with Crippen LogP contribution in [0.25, 0.3) is 10.8 Å². The van der Waals surface area contributed by atoms with Crippen LogP contribution in [0, 0.1) is 16.6 Å². The van der Waals surface area contributed by atoms with Crippen molar-refractivity contribution in [2.45, 2.75) is 38.3 Å². The van der Waals surface area contributed by atoms with Gasteiger partial charge in [-0.05, 0) is 49.4 Å². The van der Waals surface area contributed by atoms with E-state index in [4.69, 9.17) is 12.2 Å². The zero-order valence-corrected chi connectivity index (χ0v) is 14.6. The number of hydrogen-bond acceptors (Lipinski definition) is 4. The predicted octanol–water partition coefficient (Wildman–Crippen LogP) is 3.06. The van der Waals surface area contributed by atoms with Crippen molar-refractivity contribution < 1.29 is 0 Å². The highest BCUT2D eigenvalue weighted by Gasteiger charge is 2.41. The molecule has 3 atom stereocenters. The molecule has 2 bridgehead atoms. The van der Waals surface area contributed by atoms with Crippen LogP contribution in [-0.2, 0) is 6.54 Å². The number of nitrogens with one attached hydrogen (secondary N) is 1. The Morgan fingerprint density at radius 3 is 2.92 bits per heavy atom. The average Bonchev–Trinajstić information content (AvgIpc) is 3.33. The SMILES string of the molecule is O=c1c2ccccc2cnn1Cc1n[nH]c(=S)n1[C@H]1C[C@H]2CC[C@H]1C2. The topological polar surface area (TPSA) is 68.5 Å². The molecule has 2 fully saturated rings. The van der Waals surface area contributed by atoms with E-state index < -0.39 is 0 Å². The first-order valence-electron chi connectivity index (χ1n) is 8.81. The van der Waals surface area contributed by atoms with Crippen LogP contribution < -0.4 is 5.56 Å². The molecule has 0 spiro atoms. The molecule has 0 amide bonds. The highest BCUT2D eigenvalue weighted by atomic mass is 32.1. The first-order chi connectivity index (χ1) is 12.2. The Hall–Kier alpha value is -2.28. The van der Waals surface area contributed by atoms with Crippen molar-refractivity contribution in [3.05, 3.63) is 51.4 Å². The van der Waals surface area contributed by atoms with Crippen LogP contribution >= 0.6 is 12.2 Å². The van der Waals surface area contributed by atoms with E-state index in [1.165, 1.54) is 30.4 Å². The molecule has 1 N–H and O–H groups in total. The summed E-state index contributed by atoms with van der Waals surface area (Å²) in [6.07, 6.45) is 6.82. The van der Waals surface area contributed by atoms with Crippen LogP contribution in [0.3, 0.4) is 0 Å². The minimum absolute atomic E-state index is 0.0912. The number of benzene rings is 1. The molecule has 2 aromatic heterocycles. The fourth-order valence-electron chi connectivity index (χ4n) is 4.69. The van der Waals surface area contributed by atoms with Gasteiger partial charge in [-0.3, -0.25) is 14.5 Å². The second-order valence-electron chi connectivity index (χ2n) is 7.25. The molecule has 7 heteroatoms. The second-order valence-corrected chi connectivity index (χ2v) is 7.64. The Morgan fingerprint density at radius 1 is 1.24 bits per heavy atom. The number of nitrogens with zero attached hydrogens (tertiary/aromatic N) is 4. The van der Waals surface area contributed by atoms with Crippen LogP contribution in [0.15, 0.2) is 35.3 Å². The highest BCUT2D eigenvalue weighted by molar-refractivity contribution is 7.71. The first kappa shape index (κ1) is 15.0. The lowest BCUT2D eigenvalue weighted by atomic mass is 9.95. The lowest BCUT2D eigenvalue weighted by Crippen LogP contribution is -2.26. The van der Waals surface area contributed by atoms with E-state index >= 15 is 0 Å². The molecule has 1 aromatic carbocycles. The third kappa shape index (κ3) is 2.37. The third-order valence-corrected chi connectivity index (χ3v) is 6.15. The van der Waals surface area contributed by atoms with Gasteiger partial charge >= 0.3 is 0 Å². The second kappa shape index (κ2) is 5.62. The fraction of sp³-hybridized carbons (Fsp3) is 0.444. The van der Waals surface area contributed by atoms with Gasteiger partial charge in [0.15, 0.2) is 10.6 Å². The minimum Gasteiger partial charge on any atom is -0.299 e. The van der Waals surface area contributed by atoms with Crippen LogP contribution in [0.1, 0.15) is 37.5 Å². The van der Waals surface area contributed by atoms with Crippen molar-refractivity contribution in [3.63, 3.8) is 0 Å². The summed E-state index contributed by atoms with van der Waals surface area (Å²) in [6.45, 7) is 0.338. The molecule has 0 saturated heterocycles. The van der Waals surface area contributed by atoms with E-state index in [0.29, 0.717) is 28.7 Å². The zero-order chi connectivity index (χ0) is 17.0. The molecule has 2 aliphatic carbocycles. The molecule has 0 aliphatic heterocycles. The van der Waals surface area contributed by atoms with Crippen LogP contribution in [-0.4, -0.2) is 24.5 Å². The van der Waals surface area contributed by atoms with Crippen molar-refractivity contribution in [1.82, 2.24) is 24.5 Å². The fourth-order valence-corrected chi connectivity index (χ4v) is 4.98. The Morgan fingerprint density at radius 2 is 2.12 bits per heavy atom. The van der Waals surface area contributed by atoms with Crippen molar-refractivity contribution in [3.8, 4) is 0 Å². The largest absolute Gasteiger partial charge is 0.299 e. The van der Waals surface area contributed by atoms with E-state index in [0.717, 1.165) is 17.1 Å². The molecule has 2 aliphatic rings. The van der Waals surface area contributed by atoms with Gasteiger partial charge in [0.25, 0.3) is 5.56 Å². The number of aromatic amines is 1. The first-order valence-corrected chi connectivity index (χ1v) is 9.22. The van der Waals surface area contributed by atoms with Gasteiger partial charge in [-0.2, -0.15) is 10.2 Å². The number of fused-ring (bicyclic) bond motifs is 3. The Labute approximate surface area is 149 Å². The summed E-state index contributed by atoms with van der Waals surface area (Å²) in [5.74, 6) is 2.31. The summed E-state index contributed by atoms with van der Waals surface area (Å²) in [4.78, 5) is 12.7. The molecular formula is C18H19N5OS. The lowest BCUT2D eigenvalue weighted by Gasteiger charge is -2.24. The van der Waals surface area contributed by atoms with Crippen molar-refractivity contribution in [1.29, 1.82) is 0 Å². The molecule has 128 valence electrons. The normalized spacial score (nSPS) is 25.0. The van der Waals surface area contributed by atoms with Crippen molar-refractivity contribution >= 4 is 23.0 Å². The Bertz CT molecular complexity index is 1070. The van der Waals surface area contributed by atoms with Gasteiger partial charge in [0.2, 0.25) is 0 Å². The van der Waals surface area contributed by atoms with Crippen molar-refractivity contribution in [2.24, 2.45) is 11.8 Å². The summed E-state index contributed by atoms with van der Waals surface area (Å²) >= 11 is 5.49. The van der Waals surface area contributed by atoms with Gasteiger partial charge in [-0.15, -0.1) is 0 Å². The molecule has 0 unspecified atom stereocenters. The number of H-pyrrole nitrogens is 1. The van der Waals surface area contributed by atoms with Gasteiger partial charge in [-0.25, -0.2) is 4.68 Å². The standard InChI is InChI=1S/C18H19N5OS/c24-17-14-4-2-1-3-13(14)9-19-22(17)10-16-20-21-18(25)23(16)15-8-11-5-6-12(15)7-11/h1-4,9,11-12,15H,5-8,10H2,(H,21,25)/t11-,12-,15-/m0/s1. The van der Waals surface area contributed by atoms with E-state index in [2.05, 4.69) is 19.9 Å². The molecule has 3 aromatic rings. The Kier molecular flexibility index (Phi) is 3.38. The van der Waals surface area contributed by atoms with E-state index in [1.807, 2.05) is 24.3 Å². The number of hydrogen-bond donors (Lipinski definition) is 1. The average molecular weight is 353 g/mol. The molecule has 5 rings (SSSR count). The molecule has 2 heterocycles. The summed E-state index contributed by atoms with van der Waals surface area (Å²) in [7, 11) is 0. The summed E-state index contributed by atoms with van der Waals surface area (Å²) < 4.78 is 4.28. The van der Waals surface area contributed by atoms with Gasteiger partial charge in [-0.1, -0.05) is 24.6 Å². The summed E-state index contributed by atoms with van der Waals surface area (Å²) in [5.41, 5.74) is -0.0912. The maximum atomic E-state index is 12.7. The van der Waals surface area contributed by atoms with Crippen LogP contribution in [0.4, 0.5) is 0 Å². The summed E-state index contributed by atoms with van der Waals surface area (Å²) in [6, 6.07) is 7.94. The van der Waals surface area contributed by atoms with Crippen LogP contribution in [0.2, 0.25) is 0 Å². The summed E-state index contributed by atoms with van der Waals surface area (Å²) in [5, 5.41) is 13.2. The van der Waals surface area contributed by atoms with Gasteiger partial charge in [0.05, 0.1) is 11.6 Å². The maximum Gasteiger partial charge on any atom is 0.275 e. The number of aromatic nitrogens is 5. The third-order valence-electron chi connectivity index (χ3n) is 5.86. The van der Waals surface area contributed by atoms with Gasteiger partial charge < -0.3 is 0 Å². The minimum atomic E-state index is -0.0912. The van der Waals surface area contributed by atoms with E-state index in [-0.39, 0.29) is 5.56 Å². The van der Waals surface area contributed by atoms with Gasteiger partial charge in [0, 0.05) is 11.4 Å². The monoisotopic (exact) mass is 353 g/mol. The van der Waals surface area contributed by atoms with Crippen molar-refractivity contribution in [2.75, 3.05) is 0 Å². The lowest BCUT2D eigenvalue weighted by molar-refractivity contribution is 0.317. The number of rotatable bonds is 3. The molecule has 6 nitrogen and oxygen atoms in total. The molecular weight excluding hydrogens is 334 g/mol. The predicted molar refractivity (Wildman–Crippen MR) is 97.0 cm³/mol. The smallest absolute Gasteiger partial charge is 0.275 e. The van der Waals surface area contributed by atoms with Crippen LogP contribution in [0.5, 0.6) is 0 Å². The van der Waals surface area contributed by atoms with Gasteiger partial charge in [0.1, 0.15) is 6.54 Å². The van der Waals surface area contributed by atoms with E-state index in [9.17, 15) is 4.79 Å². The zero-order valence-electron chi connectivity index (χ0n) is 13.8. The quantitative estimate of drug-likeness (QED) is 0.735. The van der Waals surface area contributed by atoms with E-state index in [1.54, 1.807) is 6.20 Å². The Balaban J connectivity index is 1.55. The molecule has 25 heavy (non-hydrogen) atoms. The molecule has 0 radical (unpaired) electrons. The maximum absolute atomic E-state index is 12.7. The molecule has 2 saturated carbocycles. The highest BCUT2D eigenvalue weighted by Crippen LogP contribution is 2.50.